The van der Waals surface area contributed by atoms with Crippen LogP contribution in [0.4, 0.5) is 4.39 Å². The normalized spacial score (nSPS) is 12.7. The van der Waals surface area contributed by atoms with Crippen molar-refractivity contribution in [2.45, 2.75) is 26.4 Å². The van der Waals surface area contributed by atoms with Gasteiger partial charge < -0.3 is 5.32 Å². The molecule has 0 amide bonds. The first kappa shape index (κ1) is 12.8. The molecule has 2 aromatic rings. The summed E-state index contributed by atoms with van der Waals surface area (Å²) < 4.78 is 14.7. The molecule has 2 rings (SSSR count). The minimum absolute atomic E-state index is 0.185. The molecule has 96 valence electrons. The molecule has 0 fully saturated rings. The number of hydrogen-bond donors (Lipinski definition) is 1. The van der Waals surface area contributed by atoms with E-state index < -0.39 is 0 Å². The van der Waals surface area contributed by atoms with Crippen LogP contribution >= 0.6 is 0 Å². The van der Waals surface area contributed by atoms with Crippen molar-refractivity contribution in [3.63, 3.8) is 0 Å². The molecular formula is C14H18FN3. The summed E-state index contributed by atoms with van der Waals surface area (Å²) in [6, 6.07) is 6.78. The fraction of sp³-hybridized carbons (Fsp3) is 0.357. The number of benzene rings is 1. The Kier molecular flexibility index (Phi) is 3.77. The topological polar surface area (TPSA) is 29.9 Å². The lowest BCUT2D eigenvalue weighted by atomic mass is 10.1. The Labute approximate surface area is 107 Å². The van der Waals surface area contributed by atoms with E-state index in [1.807, 2.05) is 37.0 Å². The van der Waals surface area contributed by atoms with Crippen molar-refractivity contribution in [3.8, 4) is 0 Å². The summed E-state index contributed by atoms with van der Waals surface area (Å²) >= 11 is 0. The van der Waals surface area contributed by atoms with Crippen molar-refractivity contribution in [1.29, 1.82) is 0 Å². The zero-order valence-electron chi connectivity index (χ0n) is 10.9. The summed E-state index contributed by atoms with van der Waals surface area (Å²) in [5.41, 5.74) is 3.43. The zero-order chi connectivity index (χ0) is 13.1. The fourth-order valence-electron chi connectivity index (χ4n) is 1.85. The standard InChI is InChI=1S/C14H18FN3/c1-10(12-4-6-14(15)7-5-12)16-8-13-9-17-18(3)11(13)2/h4-7,9-10,16H,8H2,1-3H3. The van der Waals surface area contributed by atoms with Crippen LogP contribution in [0, 0.1) is 12.7 Å². The number of halogens is 1. The van der Waals surface area contributed by atoms with E-state index in [2.05, 4.69) is 17.3 Å². The number of aromatic nitrogens is 2. The van der Waals surface area contributed by atoms with Crippen LogP contribution in [0.5, 0.6) is 0 Å². The molecule has 1 unspecified atom stereocenters. The molecule has 1 aromatic heterocycles. The van der Waals surface area contributed by atoms with Crippen molar-refractivity contribution in [1.82, 2.24) is 15.1 Å². The van der Waals surface area contributed by atoms with Crippen LogP contribution in [0.25, 0.3) is 0 Å². The number of hydrogen-bond acceptors (Lipinski definition) is 2. The highest BCUT2D eigenvalue weighted by Gasteiger charge is 2.07. The molecule has 0 spiro atoms. The largest absolute Gasteiger partial charge is 0.306 e. The third kappa shape index (κ3) is 2.76. The Morgan fingerprint density at radius 1 is 1.33 bits per heavy atom. The molecule has 0 aliphatic heterocycles. The average Bonchev–Trinajstić information content (AvgIpc) is 2.68. The summed E-state index contributed by atoms with van der Waals surface area (Å²) in [7, 11) is 1.93. The molecule has 1 N–H and O–H groups in total. The molecule has 18 heavy (non-hydrogen) atoms. The second kappa shape index (κ2) is 5.31. The minimum atomic E-state index is -0.200. The molecule has 0 aliphatic rings. The van der Waals surface area contributed by atoms with Crippen LogP contribution in [0.3, 0.4) is 0 Å². The number of rotatable bonds is 4. The van der Waals surface area contributed by atoms with Gasteiger partial charge in [-0.05, 0) is 31.5 Å². The molecular weight excluding hydrogens is 229 g/mol. The quantitative estimate of drug-likeness (QED) is 0.900. The fourth-order valence-corrected chi connectivity index (χ4v) is 1.85. The number of nitrogens with zero attached hydrogens (tertiary/aromatic N) is 2. The summed E-state index contributed by atoms with van der Waals surface area (Å²) in [6.45, 7) is 4.88. The maximum absolute atomic E-state index is 12.8. The molecule has 0 radical (unpaired) electrons. The van der Waals surface area contributed by atoms with Gasteiger partial charge in [-0.25, -0.2) is 4.39 Å². The van der Waals surface area contributed by atoms with Crippen LogP contribution in [-0.2, 0) is 13.6 Å². The lowest BCUT2D eigenvalue weighted by Crippen LogP contribution is -2.18. The van der Waals surface area contributed by atoms with Crippen molar-refractivity contribution >= 4 is 0 Å². The Morgan fingerprint density at radius 2 is 2.00 bits per heavy atom. The SMILES string of the molecule is Cc1c(CNC(C)c2ccc(F)cc2)cnn1C. The Morgan fingerprint density at radius 3 is 2.56 bits per heavy atom. The highest BCUT2D eigenvalue weighted by atomic mass is 19.1. The summed E-state index contributed by atoms with van der Waals surface area (Å²) in [5.74, 6) is -0.200. The van der Waals surface area contributed by atoms with Gasteiger partial charge in [0.25, 0.3) is 0 Å². The first-order valence-electron chi connectivity index (χ1n) is 6.04. The Balaban J connectivity index is 1.98. The molecule has 0 aliphatic carbocycles. The Bertz CT molecular complexity index is 516. The van der Waals surface area contributed by atoms with Gasteiger partial charge in [-0.1, -0.05) is 12.1 Å². The maximum atomic E-state index is 12.8. The van der Waals surface area contributed by atoms with Gasteiger partial charge in [0.05, 0.1) is 6.20 Å². The van der Waals surface area contributed by atoms with Gasteiger partial charge in [-0.3, -0.25) is 4.68 Å². The molecule has 1 atom stereocenters. The van der Waals surface area contributed by atoms with Crippen molar-refractivity contribution < 1.29 is 4.39 Å². The predicted octanol–water partition coefficient (Wildman–Crippen LogP) is 2.72. The lowest BCUT2D eigenvalue weighted by Gasteiger charge is -2.14. The van der Waals surface area contributed by atoms with Gasteiger partial charge in [0.15, 0.2) is 0 Å². The molecule has 1 aromatic carbocycles. The van der Waals surface area contributed by atoms with E-state index in [4.69, 9.17) is 0 Å². The van der Waals surface area contributed by atoms with E-state index in [0.29, 0.717) is 0 Å². The predicted molar refractivity (Wildman–Crippen MR) is 69.6 cm³/mol. The summed E-state index contributed by atoms with van der Waals surface area (Å²) in [6.07, 6.45) is 1.87. The van der Waals surface area contributed by atoms with Crippen LogP contribution in [0.2, 0.25) is 0 Å². The first-order valence-corrected chi connectivity index (χ1v) is 6.04. The first-order chi connectivity index (χ1) is 8.58. The van der Waals surface area contributed by atoms with E-state index in [0.717, 1.165) is 17.8 Å². The second-order valence-corrected chi connectivity index (χ2v) is 4.53. The van der Waals surface area contributed by atoms with Crippen LogP contribution in [0.1, 0.15) is 29.8 Å². The van der Waals surface area contributed by atoms with Crippen LogP contribution in [0.15, 0.2) is 30.5 Å². The molecule has 1 heterocycles. The van der Waals surface area contributed by atoms with Crippen LogP contribution < -0.4 is 5.32 Å². The van der Waals surface area contributed by atoms with E-state index >= 15 is 0 Å². The van der Waals surface area contributed by atoms with E-state index in [1.165, 1.54) is 17.7 Å². The van der Waals surface area contributed by atoms with Crippen LogP contribution in [-0.4, -0.2) is 9.78 Å². The minimum Gasteiger partial charge on any atom is -0.306 e. The van der Waals surface area contributed by atoms with Gasteiger partial charge in [0.2, 0.25) is 0 Å². The third-order valence-corrected chi connectivity index (χ3v) is 3.31. The zero-order valence-corrected chi connectivity index (χ0v) is 10.9. The average molecular weight is 247 g/mol. The summed E-state index contributed by atoms with van der Waals surface area (Å²) in [4.78, 5) is 0. The second-order valence-electron chi connectivity index (χ2n) is 4.53. The van der Waals surface area contributed by atoms with Gasteiger partial charge in [-0.2, -0.15) is 5.10 Å². The van der Waals surface area contributed by atoms with E-state index in [-0.39, 0.29) is 11.9 Å². The Hall–Kier alpha value is -1.68. The molecule has 4 heteroatoms. The van der Waals surface area contributed by atoms with Gasteiger partial charge in [-0.15, -0.1) is 0 Å². The third-order valence-electron chi connectivity index (χ3n) is 3.31. The summed E-state index contributed by atoms with van der Waals surface area (Å²) in [5, 5.41) is 7.62. The highest BCUT2D eigenvalue weighted by molar-refractivity contribution is 5.20. The number of nitrogens with one attached hydrogen (secondary N) is 1. The molecule has 3 nitrogen and oxygen atoms in total. The monoisotopic (exact) mass is 247 g/mol. The van der Waals surface area contributed by atoms with Crippen molar-refractivity contribution in [2.24, 2.45) is 7.05 Å². The van der Waals surface area contributed by atoms with E-state index in [1.54, 1.807) is 0 Å². The molecule has 0 bridgehead atoms. The van der Waals surface area contributed by atoms with Crippen molar-refractivity contribution in [3.05, 3.63) is 53.1 Å². The smallest absolute Gasteiger partial charge is 0.123 e. The lowest BCUT2D eigenvalue weighted by molar-refractivity contribution is 0.569. The van der Waals surface area contributed by atoms with Gasteiger partial charge in [0.1, 0.15) is 5.82 Å². The maximum Gasteiger partial charge on any atom is 0.123 e. The molecule has 0 saturated heterocycles. The molecule has 0 saturated carbocycles. The van der Waals surface area contributed by atoms with Crippen molar-refractivity contribution in [2.75, 3.05) is 0 Å². The van der Waals surface area contributed by atoms with Gasteiger partial charge in [0, 0.05) is 30.9 Å². The van der Waals surface area contributed by atoms with Gasteiger partial charge >= 0.3 is 0 Å². The van der Waals surface area contributed by atoms with E-state index in [9.17, 15) is 4.39 Å². The number of aryl methyl sites for hydroxylation is 1. The highest BCUT2D eigenvalue weighted by Crippen LogP contribution is 2.14.